The number of oxime groups is 1. The topological polar surface area (TPSA) is 79.2 Å². The van der Waals surface area contributed by atoms with Gasteiger partial charge in [-0.05, 0) is 36.2 Å². The third kappa shape index (κ3) is 2.86. The van der Waals surface area contributed by atoms with Crippen LogP contribution in [0.4, 0.5) is 0 Å². The zero-order chi connectivity index (χ0) is 13.8. The van der Waals surface area contributed by atoms with Crippen LogP contribution in [0.5, 0.6) is 0 Å². The van der Waals surface area contributed by atoms with Gasteiger partial charge in [-0.25, -0.2) is 4.99 Å². The molecular weight excluding hydrogens is 248 g/mol. The molecule has 2 aromatic rings. The third-order valence-corrected chi connectivity index (χ3v) is 2.71. The van der Waals surface area contributed by atoms with Crippen molar-refractivity contribution in [1.82, 2.24) is 0 Å². The lowest BCUT2D eigenvalue weighted by molar-refractivity contribution is -0.334. The van der Waals surface area contributed by atoms with Crippen molar-refractivity contribution in [3.8, 4) is 0 Å². The van der Waals surface area contributed by atoms with E-state index in [1.165, 1.54) is 7.11 Å². The molecule has 6 nitrogen and oxygen atoms in total. The van der Waals surface area contributed by atoms with Crippen molar-refractivity contribution in [3.63, 3.8) is 0 Å². The average Bonchev–Trinajstić information content (AvgIpc) is 2.85. The molecule has 0 amide bonds. The number of fused-ring (bicyclic) bond motifs is 1. The molecule has 0 atom stereocenters. The van der Waals surface area contributed by atoms with Gasteiger partial charge < -0.3 is 14.9 Å². The van der Waals surface area contributed by atoms with Crippen molar-refractivity contribution < 1.29 is 19.0 Å². The van der Waals surface area contributed by atoms with E-state index in [2.05, 4.69) is 19.8 Å². The molecule has 0 unspecified atom stereocenters. The lowest BCUT2D eigenvalue weighted by Crippen LogP contribution is -2.13. The van der Waals surface area contributed by atoms with Gasteiger partial charge in [0.1, 0.15) is 5.58 Å². The Morgan fingerprint density at radius 3 is 2.74 bits per heavy atom. The van der Waals surface area contributed by atoms with Gasteiger partial charge in [0.05, 0.1) is 0 Å². The third-order valence-electron chi connectivity index (χ3n) is 2.71. The Bertz CT molecular complexity index is 565. The van der Waals surface area contributed by atoms with Crippen molar-refractivity contribution in [2.24, 2.45) is 10.9 Å². The molecular formula is C13H16N2O4. The van der Waals surface area contributed by atoms with E-state index >= 15 is 0 Å². The number of nitrogens with zero attached hydrogens (tertiary/aromatic N) is 1. The van der Waals surface area contributed by atoms with E-state index < -0.39 is 0 Å². The van der Waals surface area contributed by atoms with Gasteiger partial charge in [-0.1, -0.05) is 12.1 Å². The Labute approximate surface area is 110 Å². The van der Waals surface area contributed by atoms with Crippen LogP contribution >= 0.6 is 0 Å². The molecule has 1 aromatic carbocycles. The second kappa shape index (κ2) is 5.73. The molecule has 6 heteroatoms. The SMILES string of the molecule is COCOO/N=C(\N)c1cc2c(C)ccc(C)c2o1. The molecule has 0 radical (unpaired) electrons. The molecule has 0 spiro atoms. The molecule has 0 saturated carbocycles. The van der Waals surface area contributed by atoms with Crippen LogP contribution in [0, 0.1) is 13.8 Å². The van der Waals surface area contributed by atoms with Gasteiger partial charge in [-0.2, -0.15) is 0 Å². The smallest absolute Gasteiger partial charge is 0.210 e. The first-order valence-electron chi connectivity index (χ1n) is 5.74. The molecule has 0 fully saturated rings. The Balaban J connectivity index is 2.26. The maximum absolute atomic E-state index is 5.75. The number of amidine groups is 1. The zero-order valence-electron chi connectivity index (χ0n) is 11.1. The summed E-state index contributed by atoms with van der Waals surface area (Å²) in [7, 11) is 1.47. The molecule has 0 aliphatic carbocycles. The van der Waals surface area contributed by atoms with Crippen LogP contribution in [0.2, 0.25) is 0 Å². The number of hydrogen-bond acceptors (Lipinski definition) is 5. The molecule has 102 valence electrons. The Morgan fingerprint density at radius 2 is 2.05 bits per heavy atom. The summed E-state index contributed by atoms with van der Waals surface area (Å²) in [6.45, 7) is 3.95. The molecule has 2 rings (SSSR count). The number of ether oxygens (including phenoxy) is 1. The van der Waals surface area contributed by atoms with Crippen LogP contribution < -0.4 is 5.73 Å². The van der Waals surface area contributed by atoms with Gasteiger partial charge in [0.15, 0.2) is 12.6 Å². The highest BCUT2D eigenvalue weighted by Gasteiger charge is 2.11. The van der Waals surface area contributed by atoms with Crippen LogP contribution in [-0.2, 0) is 14.6 Å². The number of hydrogen-bond donors (Lipinski definition) is 1. The summed E-state index contributed by atoms with van der Waals surface area (Å²) in [4.78, 5) is 9.09. The monoisotopic (exact) mass is 264 g/mol. The Hall–Kier alpha value is -2.05. The lowest BCUT2D eigenvalue weighted by atomic mass is 10.1. The number of rotatable bonds is 5. The first kappa shape index (κ1) is 13.4. The molecule has 0 saturated heterocycles. The summed E-state index contributed by atoms with van der Waals surface area (Å²) in [6.07, 6.45) is 0. The molecule has 0 aliphatic heterocycles. The minimum atomic E-state index is -0.0326. The van der Waals surface area contributed by atoms with Gasteiger partial charge in [0.25, 0.3) is 0 Å². The summed E-state index contributed by atoms with van der Waals surface area (Å²) < 4.78 is 10.3. The van der Waals surface area contributed by atoms with Crippen LogP contribution in [0.3, 0.4) is 0 Å². The van der Waals surface area contributed by atoms with E-state index in [-0.39, 0.29) is 12.6 Å². The highest BCUT2D eigenvalue weighted by atomic mass is 17.3. The molecule has 0 aliphatic rings. The predicted octanol–water partition coefficient (Wildman–Crippen LogP) is 2.22. The second-order valence-corrected chi connectivity index (χ2v) is 4.13. The Kier molecular flexibility index (Phi) is 4.03. The van der Waals surface area contributed by atoms with E-state index in [0.29, 0.717) is 5.76 Å². The summed E-state index contributed by atoms with van der Waals surface area (Å²) in [5, 5.41) is 4.59. The van der Waals surface area contributed by atoms with Gasteiger partial charge in [-0.3, -0.25) is 0 Å². The maximum Gasteiger partial charge on any atom is 0.210 e. The van der Waals surface area contributed by atoms with Crippen molar-refractivity contribution in [2.45, 2.75) is 13.8 Å². The van der Waals surface area contributed by atoms with Gasteiger partial charge in [-0.15, -0.1) is 4.89 Å². The largest absolute Gasteiger partial charge is 0.452 e. The highest BCUT2D eigenvalue weighted by molar-refractivity contribution is 5.99. The van der Waals surface area contributed by atoms with Crippen molar-refractivity contribution in [2.75, 3.05) is 13.9 Å². The molecule has 1 heterocycles. The number of benzene rings is 1. The Morgan fingerprint density at radius 1 is 1.32 bits per heavy atom. The van der Waals surface area contributed by atoms with Crippen LogP contribution in [0.25, 0.3) is 11.0 Å². The minimum Gasteiger partial charge on any atom is -0.452 e. The molecule has 1 aromatic heterocycles. The minimum absolute atomic E-state index is 0.0326. The highest BCUT2D eigenvalue weighted by Crippen LogP contribution is 2.25. The van der Waals surface area contributed by atoms with E-state index in [0.717, 1.165) is 22.1 Å². The van der Waals surface area contributed by atoms with Gasteiger partial charge >= 0.3 is 0 Å². The number of furan rings is 1. The quantitative estimate of drug-likeness (QED) is 0.224. The number of methoxy groups -OCH3 is 1. The lowest BCUT2D eigenvalue weighted by Gasteiger charge is -1.98. The summed E-state index contributed by atoms with van der Waals surface area (Å²) in [5.41, 5.74) is 8.70. The fraction of sp³-hybridized carbons (Fsp3) is 0.308. The predicted molar refractivity (Wildman–Crippen MR) is 70.5 cm³/mol. The van der Waals surface area contributed by atoms with E-state index in [4.69, 9.17) is 10.2 Å². The van der Waals surface area contributed by atoms with Crippen LogP contribution in [0.1, 0.15) is 16.9 Å². The first-order chi connectivity index (χ1) is 9.13. The summed E-state index contributed by atoms with van der Waals surface area (Å²) in [6, 6.07) is 5.86. The standard InChI is InChI=1S/C13H16N2O4/c1-8-4-5-9(2)12-10(8)6-11(18-12)13(14)15-19-17-7-16-3/h4-6H,7H2,1-3H3,(H2,14,15). The van der Waals surface area contributed by atoms with Gasteiger partial charge in [0, 0.05) is 12.5 Å². The second-order valence-electron chi connectivity index (χ2n) is 4.13. The fourth-order valence-electron chi connectivity index (χ4n) is 1.70. The van der Waals surface area contributed by atoms with Crippen LogP contribution in [0.15, 0.2) is 27.8 Å². The average molecular weight is 264 g/mol. The molecule has 2 N–H and O–H groups in total. The first-order valence-corrected chi connectivity index (χ1v) is 5.74. The van der Waals surface area contributed by atoms with Crippen molar-refractivity contribution in [3.05, 3.63) is 35.1 Å². The maximum atomic E-state index is 5.75. The normalized spacial score (nSPS) is 12.1. The number of aryl methyl sites for hydroxylation is 2. The van der Waals surface area contributed by atoms with E-state index in [1.807, 2.05) is 32.0 Å². The summed E-state index contributed by atoms with van der Waals surface area (Å²) >= 11 is 0. The molecule has 0 bridgehead atoms. The fourth-order valence-corrected chi connectivity index (χ4v) is 1.70. The van der Waals surface area contributed by atoms with E-state index in [1.54, 1.807) is 0 Å². The van der Waals surface area contributed by atoms with Crippen molar-refractivity contribution >= 4 is 16.8 Å². The van der Waals surface area contributed by atoms with Crippen LogP contribution in [-0.4, -0.2) is 19.7 Å². The number of nitrogens with two attached hydrogens (primary N) is 1. The zero-order valence-corrected chi connectivity index (χ0v) is 11.1. The molecule has 19 heavy (non-hydrogen) atoms. The van der Waals surface area contributed by atoms with E-state index in [9.17, 15) is 0 Å². The van der Waals surface area contributed by atoms with Crippen molar-refractivity contribution in [1.29, 1.82) is 0 Å². The summed E-state index contributed by atoms with van der Waals surface area (Å²) in [5.74, 6) is 0.541. The van der Waals surface area contributed by atoms with Gasteiger partial charge in [0.2, 0.25) is 5.84 Å².